The molecule has 1 heterocycles. The minimum Gasteiger partial charge on any atom is -0.455 e. The molecule has 0 aliphatic carbocycles. The lowest BCUT2D eigenvalue weighted by Crippen LogP contribution is -2.33. The average molecular weight is 216 g/mol. The fourth-order valence-electron chi connectivity index (χ4n) is 1.54. The average Bonchev–Trinajstić information content (AvgIpc) is 2.31. The molecule has 0 aromatic heterocycles. The van der Waals surface area contributed by atoms with Crippen LogP contribution in [0.15, 0.2) is 0 Å². The van der Waals surface area contributed by atoms with Crippen molar-refractivity contribution in [3.05, 3.63) is 0 Å². The van der Waals surface area contributed by atoms with Crippen molar-refractivity contribution in [2.24, 2.45) is 5.92 Å². The SMILES string of the molecule is CC(=O)OC1[C@H](OC(C)=O)O[C@H](C)[C@H]1C. The van der Waals surface area contributed by atoms with E-state index in [-0.39, 0.29) is 12.0 Å². The molecule has 0 spiro atoms. The van der Waals surface area contributed by atoms with Crippen LogP contribution < -0.4 is 0 Å². The molecular formula is C10H16O5. The predicted octanol–water partition coefficient (Wildman–Crippen LogP) is 0.862. The van der Waals surface area contributed by atoms with E-state index in [4.69, 9.17) is 14.2 Å². The molecule has 0 amide bonds. The molecule has 1 rings (SSSR count). The smallest absolute Gasteiger partial charge is 0.305 e. The number of hydrogen-bond donors (Lipinski definition) is 0. The summed E-state index contributed by atoms with van der Waals surface area (Å²) in [5, 5.41) is 0. The molecule has 5 heteroatoms. The summed E-state index contributed by atoms with van der Waals surface area (Å²) in [6.45, 7) is 6.36. The quantitative estimate of drug-likeness (QED) is 0.641. The summed E-state index contributed by atoms with van der Waals surface area (Å²) in [5.74, 6) is -0.835. The Labute approximate surface area is 88.7 Å². The second-order valence-corrected chi connectivity index (χ2v) is 3.75. The minimum atomic E-state index is -0.781. The highest BCUT2D eigenvalue weighted by Gasteiger charge is 2.44. The highest BCUT2D eigenvalue weighted by Crippen LogP contribution is 2.29. The fourth-order valence-corrected chi connectivity index (χ4v) is 1.54. The van der Waals surface area contributed by atoms with Gasteiger partial charge in [-0.25, -0.2) is 0 Å². The first-order chi connectivity index (χ1) is 6.91. The van der Waals surface area contributed by atoms with E-state index in [1.165, 1.54) is 13.8 Å². The van der Waals surface area contributed by atoms with Crippen molar-refractivity contribution in [3.63, 3.8) is 0 Å². The fraction of sp³-hybridized carbons (Fsp3) is 0.800. The molecule has 0 bridgehead atoms. The maximum absolute atomic E-state index is 10.9. The molecule has 0 aromatic rings. The monoisotopic (exact) mass is 216 g/mol. The lowest BCUT2D eigenvalue weighted by atomic mass is 10.0. The van der Waals surface area contributed by atoms with Crippen molar-refractivity contribution < 1.29 is 23.8 Å². The summed E-state index contributed by atoms with van der Waals surface area (Å²) in [6, 6.07) is 0. The number of carbonyl (C=O) groups excluding carboxylic acids is 2. The van der Waals surface area contributed by atoms with Gasteiger partial charge < -0.3 is 14.2 Å². The number of esters is 2. The topological polar surface area (TPSA) is 61.8 Å². The summed E-state index contributed by atoms with van der Waals surface area (Å²) in [4.78, 5) is 21.7. The second-order valence-electron chi connectivity index (χ2n) is 3.75. The molecule has 86 valence electrons. The molecule has 1 unspecified atom stereocenters. The van der Waals surface area contributed by atoms with Crippen molar-refractivity contribution in [3.8, 4) is 0 Å². The van der Waals surface area contributed by atoms with Crippen LogP contribution in [-0.2, 0) is 23.8 Å². The van der Waals surface area contributed by atoms with Crippen LogP contribution in [0.4, 0.5) is 0 Å². The van der Waals surface area contributed by atoms with Crippen molar-refractivity contribution in [1.82, 2.24) is 0 Å². The van der Waals surface area contributed by atoms with Crippen LogP contribution in [0.1, 0.15) is 27.7 Å². The van der Waals surface area contributed by atoms with Crippen LogP contribution in [0.3, 0.4) is 0 Å². The highest BCUT2D eigenvalue weighted by molar-refractivity contribution is 5.67. The van der Waals surface area contributed by atoms with Crippen LogP contribution in [0, 0.1) is 5.92 Å². The lowest BCUT2D eigenvalue weighted by Gasteiger charge is -2.19. The van der Waals surface area contributed by atoms with Crippen molar-refractivity contribution in [1.29, 1.82) is 0 Å². The molecule has 1 aliphatic heterocycles. The molecule has 0 saturated carbocycles. The third kappa shape index (κ3) is 2.92. The maximum Gasteiger partial charge on any atom is 0.305 e. The molecule has 0 aromatic carbocycles. The summed E-state index contributed by atoms with van der Waals surface area (Å²) in [6.07, 6.45) is -1.39. The van der Waals surface area contributed by atoms with Gasteiger partial charge in [-0.05, 0) is 6.92 Å². The lowest BCUT2D eigenvalue weighted by molar-refractivity contribution is -0.193. The van der Waals surface area contributed by atoms with Gasteiger partial charge in [-0.3, -0.25) is 9.59 Å². The van der Waals surface area contributed by atoms with E-state index in [1.54, 1.807) is 0 Å². The Kier molecular flexibility index (Phi) is 3.68. The molecule has 1 aliphatic rings. The summed E-state index contributed by atoms with van der Waals surface area (Å²) >= 11 is 0. The second kappa shape index (κ2) is 4.61. The van der Waals surface area contributed by atoms with E-state index >= 15 is 0 Å². The summed E-state index contributed by atoms with van der Waals surface area (Å²) < 4.78 is 15.4. The normalized spacial score (nSPS) is 34.9. The molecule has 15 heavy (non-hydrogen) atoms. The zero-order valence-electron chi connectivity index (χ0n) is 9.35. The zero-order chi connectivity index (χ0) is 11.6. The van der Waals surface area contributed by atoms with Gasteiger partial charge in [-0.2, -0.15) is 0 Å². The minimum absolute atomic E-state index is 0.0123. The number of carbonyl (C=O) groups is 2. The maximum atomic E-state index is 10.9. The van der Waals surface area contributed by atoms with Gasteiger partial charge in [0.1, 0.15) is 0 Å². The van der Waals surface area contributed by atoms with Crippen LogP contribution in [-0.4, -0.2) is 30.4 Å². The molecule has 1 saturated heterocycles. The number of hydrogen-bond acceptors (Lipinski definition) is 5. The van der Waals surface area contributed by atoms with E-state index in [0.29, 0.717) is 0 Å². The zero-order valence-corrected chi connectivity index (χ0v) is 9.35. The van der Waals surface area contributed by atoms with E-state index in [0.717, 1.165) is 0 Å². The van der Waals surface area contributed by atoms with Crippen molar-refractivity contribution >= 4 is 11.9 Å². The van der Waals surface area contributed by atoms with Crippen LogP contribution in [0.5, 0.6) is 0 Å². The van der Waals surface area contributed by atoms with Gasteiger partial charge in [0.25, 0.3) is 0 Å². The Morgan fingerprint density at radius 2 is 1.60 bits per heavy atom. The Balaban J connectivity index is 2.68. The first-order valence-corrected chi connectivity index (χ1v) is 4.91. The van der Waals surface area contributed by atoms with Crippen molar-refractivity contribution in [2.45, 2.75) is 46.2 Å². The Bertz CT molecular complexity index is 263. The van der Waals surface area contributed by atoms with Gasteiger partial charge in [0.2, 0.25) is 6.29 Å². The van der Waals surface area contributed by atoms with Crippen molar-refractivity contribution in [2.75, 3.05) is 0 Å². The van der Waals surface area contributed by atoms with Crippen LogP contribution in [0.25, 0.3) is 0 Å². The molecule has 0 N–H and O–H groups in total. The Morgan fingerprint density at radius 3 is 2.07 bits per heavy atom. The van der Waals surface area contributed by atoms with E-state index in [1.807, 2.05) is 13.8 Å². The van der Waals surface area contributed by atoms with Gasteiger partial charge in [0.15, 0.2) is 6.10 Å². The highest BCUT2D eigenvalue weighted by atomic mass is 16.7. The van der Waals surface area contributed by atoms with Gasteiger partial charge in [0, 0.05) is 19.8 Å². The molecule has 1 fully saturated rings. The van der Waals surface area contributed by atoms with E-state index in [9.17, 15) is 9.59 Å². The standard InChI is InChI=1S/C10H16O5/c1-5-6(2)13-10(15-8(4)12)9(5)14-7(3)11/h5-6,9-10H,1-4H3/t5-,6-,9?,10+/m1/s1. The van der Waals surface area contributed by atoms with Gasteiger partial charge in [-0.15, -0.1) is 0 Å². The Morgan fingerprint density at radius 1 is 1.07 bits per heavy atom. The number of rotatable bonds is 2. The molecular weight excluding hydrogens is 200 g/mol. The summed E-state index contributed by atoms with van der Waals surface area (Å²) in [7, 11) is 0. The van der Waals surface area contributed by atoms with Gasteiger partial charge in [0.05, 0.1) is 6.10 Å². The van der Waals surface area contributed by atoms with Gasteiger partial charge >= 0.3 is 11.9 Å². The summed E-state index contributed by atoms with van der Waals surface area (Å²) in [5.41, 5.74) is 0. The molecule has 5 nitrogen and oxygen atoms in total. The van der Waals surface area contributed by atoms with Gasteiger partial charge in [-0.1, -0.05) is 6.92 Å². The van der Waals surface area contributed by atoms with E-state index in [2.05, 4.69) is 0 Å². The Hall–Kier alpha value is -1.10. The first-order valence-electron chi connectivity index (χ1n) is 4.91. The van der Waals surface area contributed by atoms with E-state index < -0.39 is 24.3 Å². The predicted molar refractivity (Wildman–Crippen MR) is 50.8 cm³/mol. The number of ether oxygens (including phenoxy) is 3. The first kappa shape index (κ1) is 12.0. The third-order valence-corrected chi connectivity index (χ3v) is 2.46. The van der Waals surface area contributed by atoms with Crippen LogP contribution >= 0.6 is 0 Å². The molecule has 0 radical (unpaired) electrons. The third-order valence-electron chi connectivity index (χ3n) is 2.46. The van der Waals surface area contributed by atoms with Crippen LogP contribution in [0.2, 0.25) is 0 Å². The largest absolute Gasteiger partial charge is 0.455 e. The molecule has 4 atom stereocenters.